The molecule has 1 heterocycles. The van der Waals surface area contributed by atoms with Crippen LogP contribution < -0.4 is 10.2 Å². The van der Waals surface area contributed by atoms with Crippen molar-refractivity contribution in [2.24, 2.45) is 0 Å². The summed E-state index contributed by atoms with van der Waals surface area (Å²) in [5, 5.41) is 13.2. The summed E-state index contributed by atoms with van der Waals surface area (Å²) in [6.45, 7) is 3.69. The van der Waals surface area contributed by atoms with Crippen molar-refractivity contribution in [2.75, 3.05) is 42.9 Å². The van der Waals surface area contributed by atoms with Crippen molar-refractivity contribution < 1.29 is 9.90 Å². The second-order valence-corrected chi connectivity index (χ2v) is 8.93. The molecule has 31 heavy (non-hydrogen) atoms. The van der Waals surface area contributed by atoms with Crippen LogP contribution in [0.15, 0.2) is 82.6 Å². The predicted molar refractivity (Wildman–Crippen MR) is 127 cm³/mol. The molecule has 0 atom stereocenters. The molecule has 0 unspecified atom stereocenters. The molecular weight excluding hydrogens is 430 g/mol. The van der Waals surface area contributed by atoms with E-state index in [1.165, 1.54) is 0 Å². The zero-order valence-corrected chi connectivity index (χ0v) is 18.6. The lowest BCUT2D eigenvalue weighted by atomic mass is 10.2. The first kappa shape index (κ1) is 21.6. The molecule has 1 aliphatic heterocycles. The van der Waals surface area contributed by atoms with Crippen molar-refractivity contribution >= 4 is 40.6 Å². The highest BCUT2D eigenvalue weighted by molar-refractivity contribution is 7.99. The summed E-state index contributed by atoms with van der Waals surface area (Å²) in [7, 11) is 0. The number of halogens is 1. The number of hydrogen-bond donors (Lipinski definition) is 2. The van der Waals surface area contributed by atoms with Gasteiger partial charge in [-0.3, -0.25) is 9.69 Å². The molecule has 0 bridgehead atoms. The standard InChI is InChI=1S/C24H24ClN3O2S/c25-18-5-11-21(12-6-18)31-23-4-2-1-3-22(23)26-24(30)17-27-13-15-28(16-14-27)19-7-9-20(29)10-8-19/h1-12,29H,13-17H2,(H,26,30). The van der Waals surface area contributed by atoms with Crippen LogP contribution >= 0.6 is 23.4 Å². The zero-order valence-electron chi connectivity index (χ0n) is 17.0. The Bertz CT molecular complexity index is 1020. The number of anilines is 2. The Morgan fingerprint density at radius 1 is 0.935 bits per heavy atom. The van der Waals surface area contributed by atoms with Crippen LogP contribution in [0.1, 0.15) is 0 Å². The molecule has 3 aromatic carbocycles. The number of carbonyl (C=O) groups excluding carboxylic acids is 1. The van der Waals surface area contributed by atoms with Gasteiger partial charge < -0.3 is 15.3 Å². The third kappa shape index (κ3) is 5.94. The topological polar surface area (TPSA) is 55.8 Å². The van der Waals surface area contributed by atoms with E-state index in [9.17, 15) is 9.90 Å². The summed E-state index contributed by atoms with van der Waals surface area (Å²) >= 11 is 7.57. The molecule has 1 fully saturated rings. The maximum Gasteiger partial charge on any atom is 0.238 e. The van der Waals surface area contributed by atoms with Gasteiger partial charge in [0.1, 0.15) is 5.75 Å². The lowest BCUT2D eigenvalue weighted by Gasteiger charge is -2.35. The minimum absolute atomic E-state index is 0.0118. The SMILES string of the molecule is O=C(CN1CCN(c2ccc(O)cc2)CC1)Nc1ccccc1Sc1ccc(Cl)cc1. The summed E-state index contributed by atoms with van der Waals surface area (Å²) in [6, 6.07) is 22.8. The number of amides is 1. The lowest BCUT2D eigenvalue weighted by Crippen LogP contribution is -2.48. The zero-order chi connectivity index (χ0) is 21.6. The number of aromatic hydroxyl groups is 1. The summed E-state index contributed by atoms with van der Waals surface area (Å²) in [5.74, 6) is 0.260. The number of piperazine rings is 1. The smallest absolute Gasteiger partial charge is 0.238 e. The third-order valence-electron chi connectivity index (χ3n) is 5.16. The van der Waals surface area contributed by atoms with E-state index in [0.29, 0.717) is 11.6 Å². The summed E-state index contributed by atoms with van der Waals surface area (Å²) in [5.41, 5.74) is 1.91. The van der Waals surface area contributed by atoms with Gasteiger partial charge in [-0.2, -0.15) is 0 Å². The van der Waals surface area contributed by atoms with Crippen molar-refractivity contribution in [3.8, 4) is 5.75 Å². The Hall–Kier alpha value is -2.67. The van der Waals surface area contributed by atoms with Crippen LogP contribution in [0, 0.1) is 0 Å². The van der Waals surface area contributed by atoms with Crippen LogP contribution in [0.3, 0.4) is 0 Å². The molecule has 0 aromatic heterocycles. The number of phenols is 1. The maximum atomic E-state index is 12.7. The molecule has 0 radical (unpaired) electrons. The highest BCUT2D eigenvalue weighted by Crippen LogP contribution is 2.33. The number of nitrogens with one attached hydrogen (secondary N) is 1. The Labute approximate surface area is 191 Å². The van der Waals surface area contributed by atoms with Gasteiger partial charge in [0, 0.05) is 46.7 Å². The predicted octanol–water partition coefficient (Wildman–Crippen LogP) is 4.96. The van der Waals surface area contributed by atoms with E-state index in [0.717, 1.165) is 47.3 Å². The van der Waals surface area contributed by atoms with Crippen molar-refractivity contribution in [3.05, 3.63) is 77.8 Å². The first-order valence-corrected chi connectivity index (χ1v) is 11.3. The van der Waals surface area contributed by atoms with Gasteiger partial charge in [0.05, 0.1) is 12.2 Å². The van der Waals surface area contributed by atoms with Crippen molar-refractivity contribution in [1.29, 1.82) is 0 Å². The van der Waals surface area contributed by atoms with Gasteiger partial charge in [0.15, 0.2) is 0 Å². The van der Waals surface area contributed by atoms with Crippen LogP contribution in [0.25, 0.3) is 0 Å². The van der Waals surface area contributed by atoms with Crippen LogP contribution in [0.4, 0.5) is 11.4 Å². The van der Waals surface area contributed by atoms with Crippen molar-refractivity contribution in [1.82, 2.24) is 4.90 Å². The molecule has 1 saturated heterocycles. The summed E-state index contributed by atoms with van der Waals surface area (Å²) < 4.78 is 0. The lowest BCUT2D eigenvalue weighted by molar-refractivity contribution is -0.117. The van der Waals surface area contributed by atoms with Gasteiger partial charge in [-0.1, -0.05) is 35.5 Å². The van der Waals surface area contributed by atoms with Crippen LogP contribution in [0.2, 0.25) is 5.02 Å². The second-order valence-electron chi connectivity index (χ2n) is 7.38. The molecule has 1 amide bonds. The van der Waals surface area contributed by atoms with Gasteiger partial charge in [-0.05, 0) is 60.7 Å². The highest BCUT2D eigenvalue weighted by atomic mass is 35.5. The van der Waals surface area contributed by atoms with Crippen LogP contribution in [-0.2, 0) is 4.79 Å². The van der Waals surface area contributed by atoms with Crippen LogP contribution in [-0.4, -0.2) is 48.6 Å². The first-order chi connectivity index (χ1) is 15.1. The number of para-hydroxylation sites is 1. The Morgan fingerprint density at radius 2 is 1.61 bits per heavy atom. The average molecular weight is 454 g/mol. The molecular formula is C24H24ClN3O2S. The fraction of sp³-hybridized carbons (Fsp3) is 0.208. The van der Waals surface area contributed by atoms with E-state index in [4.69, 9.17) is 11.6 Å². The summed E-state index contributed by atoms with van der Waals surface area (Å²) in [4.78, 5) is 19.2. The van der Waals surface area contributed by atoms with E-state index < -0.39 is 0 Å². The van der Waals surface area contributed by atoms with Crippen molar-refractivity contribution in [3.63, 3.8) is 0 Å². The minimum Gasteiger partial charge on any atom is -0.508 e. The largest absolute Gasteiger partial charge is 0.508 e. The van der Waals surface area contributed by atoms with Gasteiger partial charge in [-0.25, -0.2) is 0 Å². The molecule has 1 aliphatic rings. The maximum absolute atomic E-state index is 12.7. The van der Waals surface area contributed by atoms with E-state index in [1.54, 1.807) is 23.9 Å². The number of hydrogen-bond acceptors (Lipinski definition) is 5. The molecule has 0 aliphatic carbocycles. The molecule has 160 valence electrons. The van der Waals surface area contributed by atoms with E-state index in [-0.39, 0.29) is 11.7 Å². The van der Waals surface area contributed by atoms with Gasteiger partial charge in [0.25, 0.3) is 0 Å². The number of benzene rings is 3. The first-order valence-electron chi connectivity index (χ1n) is 10.2. The molecule has 0 spiro atoms. The fourth-order valence-corrected chi connectivity index (χ4v) is 4.54. The fourth-order valence-electron chi connectivity index (χ4n) is 3.51. The molecule has 2 N–H and O–H groups in total. The Balaban J connectivity index is 1.31. The highest BCUT2D eigenvalue weighted by Gasteiger charge is 2.19. The molecule has 0 saturated carbocycles. The monoisotopic (exact) mass is 453 g/mol. The summed E-state index contributed by atoms with van der Waals surface area (Å²) in [6.07, 6.45) is 0. The molecule has 4 rings (SSSR count). The number of carbonyl (C=O) groups is 1. The number of nitrogens with zero attached hydrogens (tertiary/aromatic N) is 2. The molecule has 7 heteroatoms. The quantitative estimate of drug-likeness (QED) is 0.552. The van der Waals surface area contributed by atoms with E-state index >= 15 is 0 Å². The van der Waals surface area contributed by atoms with Crippen LogP contribution in [0.5, 0.6) is 5.75 Å². The van der Waals surface area contributed by atoms with Gasteiger partial charge in [0.2, 0.25) is 5.91 Å². The second kappa shape index (κ2) is 10.1. The van der Waals surface area contributed by atoms with E-state index in [2.05, 4.69) is 15.1 Å². The van der Waals surface area contributed by atoms with Gasteiger partial charge >= 0.3 is 0 Å². The number of phenolic OH excluding ortho intramolecular Hbond substituents is 1. The van der Waals surface area contributed by atoms with Crippen molar-refractivity contribution in [2.45, 2.75) is 9.79 Å². The molecule has 3 aromatic rings. The molecule has 5 nitrogen and oxygen atoms in total. The number of rotatable bonds is 6. The Morgan fingerprint density at radius 3 is 2.32 bits per heavy atom. The average Bonchev–Trinajstić information content (AvgIpc) is 2.78. The van der Waals surface area contributed by atoms with Gasteiger partial charge in [-0.15, -0.1) is 0 Å². The van der Waals surface area contributed by atoms with E-state index in [1.807, 2.05) is 60.7 Å². The normalized spacial score (nSPS) is 14.4. The Kier molecular flexibility index (Phi) is 7.02. The minimum atomic E-state index is -0.0118. The third-order valence-corrected chi connectivity index (χ3v) is 6.49.